The highest BCUT2D eigenvalue weighted by molar-refractivity contribution is 7.13. The fourth-order valence-corrected chi connectivity index (χ4v) is 2.34. The van der Waals surface area contributed by atoms with E-state index in [9.17, 15) is 9.59 Å². The average Bonchev–Trinajstić information content (AvgIpc) is 2.85. The molecule has 0 saturated heterocycles. The van der Waals surface area contributed by atoms with Gasteiger partial charge in [-0.3, -0.25) is 15.0 Å². The Hall–Kier alpha value is -1.92. The predicted octanol–water partition coefficient (Wildman–Crippen LogP) is 0.717. The summed E-state index contributed by atoms with van der Waals surface area (Å²) in [5, 5.41) is 1.93. The molecule has 0 bridgehead atoms. The van der Waals surface area contributed by atoms with Crippen molar-refractivity contribution in [1.29, 1.82) is 0 Å². The van der Waals surface area contributed by atoms with Gasteiger partial charge in [0.15, 0.2) is 0 Å². The number of carbonyl (C=O) groups excluding carboxylic acids is 1. The summed E-state index contributed by atoms with van der Waals surface area (Å²) in [6.45, 7) is 0. The number of aromatic nitrogens is 1. The molecule has 0 atom stereocenters. The number of nitrogens with two attached hydrogens (primary N) is 1. The molecule has 0 aliphatic carbocycles. The van der Waals surface area contributed by atoms with Crippen LogP contribution in [-0.2, 0) is 7.05 Å². The highest BCUT2D eigenvalue weighted by Crippen LogP contribution is 2.22. The van der Waals surface area contributed by atoms with Gasteiger partial charge >= 0.3 is 0 Å². The molecule has 17 heavy (non-hydrogen) atoms. The number of carbonyl (C=O) groups is 1. The molecule has 0 unspecified atom stereocenters. The molecule has 5 nitrogen and oxygen atoms in total. The van der Waals surface area contributed by atoms with Crippen LogP contribution in [0.2, 0.25) is 0 Å². The molecule has 3 N–H and O–H groups in total. The first-order valence-corrected chi connectivity index (χ1v) is 5.78. The zero-order chi connectivity index (χ0) is 12.4. The number of pyridine rings is 1. The fourth-order valence-electron chi connectivity index (χ4n) is 1.56. The van der Waals surface area contributed by atoms with E-state index in [1.807, 2.05) is 22.9 Å². The van der Waals surface area contributed by atoms with Crippen LogP contribution in [0.3, 0.4) is 0 Å². The molecule has 2 heterocycles. The third kappa shape index (κ3) is 2.00. The van der Waals surface area contributed by atoms with Crippen LogP contribution in [-0.4, -0.2) is 10.5 Å². The average molecular weight is 249 g/mol. The second kappa shape index (κ2) is 4.52. The summed E-state index contributed by atoms with van der Waals surface area (Å²) in [6.07, 6.45) is 0. The first-order chi connectivity index (χ1) is 8.15. The zero-order valence-electron chi connectivity index (χ0n) is 9.14. The Bertz CT molecular complexity index is 602. The molecule has 6 heteroatoms. The van der Waals surface area contributed by atoms with Gasteiger partial charge in [0.05, 0.1) is 10.6 Å². The molecule has 1 amide bonds. The molecule has 2 aromatic rings. The minimum atomic E-state index is -0.580. The van der Waals surface area contributed by atoms with E-state index in [0.717, 1.165) is 10.6 Å². The molecule has 0 aromatic carbocycles. The molecule has 0 radical (unpaired) electrons. The highest BCUT2D eigenvalue weighted by atomic mass is 32.1. The van der Waals surface area contributed by atoms with E-state index in [-0.39, 0.29) is 11.1 Å². The van der Waals surface area contributed by atoms with Crippen molar-refractivity contribution in [2.75, 3.05) is 0 Å². The predicted molar refractivity (Wildman–Crippen MR) is 66.6 cm³/mol. The first-order valence-electron chi connectivity index (χ1n) is 4.90. The molecule has 88 valence electrons. The maximum atomic E-state index is 11.9. The minimum absolute atomic E-state index is 0.0373. The van der Waals surface area contributed by atoms with E-state index in [1.54, 1.807) is 13.1 Å². The second-order valence-corrected chi connectivity index (χ2v) is 4.39. The lowest BCUT2D eigenvalue weighted by molar-refractivity contribution is 0.0951. The van der Waals surface area contributed by atoms with E-state index in [4.69, 9.17) is 5.84 Å². The van der Waals surface area contributed by atoms with E-state index >= 15 is 0 Å². The molecule has 2 aromatic heterocycles. The van der Waals surface area contributed by atoms with Crippen LogP contribution in [0.5, 0.6) is 0 Å². The number of rotatable bonds is 2. The van der Waals surface area contributed by atoms with Gasteiger partial charge < -0.3 is 4.57 Å². The number of nitrogen functional groups attached to an aromatic ring is 1. The zero-order valence-corrected chi connectivity index (χ0v) is 9.95. The van der Waals surface area contributed by atoms with Gasteiger partial charge in [-0.15, -0.1) is 11.3 Å². The van der Waals surface area contributed by atoms with Crippen molar-refractivity contribution in [2.24, 2.45) is 12.9 Å². The fraction of sp³-hybridized carbons (Fsp3) is 0.0909. The van der Waals surface area contributed by atoms with Gasteiger partial charge in [0.25, 0.3) is 11.5 Å². The van der Waals surface area contributed by atoms with Crippen LogP contribution in [0, 0.1) is 0 Å². The van der Waals surface area contributed by atoms with Crippen molar-refractivity contribution in [3.05, 3.63) is 45.6 Å². The van der Waals surface area contributed by atoms with E-state index in [1.165, 1.54) is 22.0 Å². The first kappa shape index (κ1) is 11.6. The Morgan fingerprint density at radius 1 is 1.41 bits per heavy atom. The SMILES string of the molecule is Cn1c(-c2cccs2)ccc(C(=O)NN)c1=O. The molecule has 0 fully saturated rings. The Morgan fingerprint density at radius 2 is 2.18 bits per heavy atom. The molecule has 0 saturated carbocycles. The van der Waals surface area contributed by atoms with Gasteiger partial charge in [0.2, 0.25) is 0 Å². The van der Waals surface area contributed by atoms with Crippen LogP contribution in [0.1, 0.15) is 10.4 Å². The molecule has 0 aliphatic heterocycles. The van der Waals surface area contributed by atoms with Gasteiger partial charge in [0.1, 0.15) is 5.56 Å². The molecular formula is C11H11N3O2S. The maximum absolute atomic E-state index is 11.9. The smallest absolute Gasteiger partial charge is 0.270 e. The van der Waals surface area contributed by atoms with Crippen LogP contribution < -0.4 is 16.8 Å². The number of hydrogen-bond donors (Lipinski definition) is 2. The number of amides is 1. The minimum Gasteiger partial charge on any atom is -0.310 e. The Balaban J connectivity index is 2.58. The van der Waals surface area contributed by atoms with Gasteiger partial charge in [0, 0.05) is 7.05 Å². The van der Waals surface area contributed by atoms with Crippen LogP contribution in [0.4, 0.5) is 0 Å². The van der Waals surface area contributed by atoms with Crippen LogP contribution >= 0.6 is 11.3 Å². The summed E-state index contributed by atoms with van der Waals surface area (Å²) in [6, 6.07) is 7.05. The van der Waals surface area contributed by atoms with Gasteiger partial charge in [-0.25, -0.2) is 5.84 Å². The lowest BCUT2D eigenvalue weighted by Crippen LogP contribution is -2.36. The Kier molecular flexibility index (Phi) is 3.08. The Labute approximate surface area is 101 Å². The van der Waals surface area contributed by atoms with Gasteiger partial charge in [-0.1, -0.05) is 6.07 Å². The van der Waals surface area contributed by atoms with Crippen LogP contribution in [0.15, 0.2) is 34.4 Å². The molecular weight excluding hydrogens is 238 g/mol. The molecule has 2 rings (SSSR count). The number of hydrogen-bond acceptors (Lipinski definition) is 4. The summed E-state index contributed by atoms with van der Waals surface area (Å²) in [5.41, 5.74) is 2.41. The normalized spacial score (nSPS) is 10.2. The van der Waals surface area contributed by atoms with Gasteiger partial charge in [-0.05, 0) is 23.6 Å². The topological polar surface area (TPSA) is 77.1 Å². The summed E-state index contributed by atoms with van der Waals surface area (Å²) in [7, 11) is 1.63. The third-order valence-electron chi connectivity index (χ3n) is 2.45. The Morgan fingerprint density at radius 3 is 2.76 bits per heavy atom. The van der Waals surface area contributed by atoms with Crippen molar-refractivity contribution in [3.63, 3.8) is 0 Å². The lowest BCUT2D eigenvalue weighted by atomic mass is 10.2. The van der Waals surface area contributed by atoms with Crippen molar-refractivity contribution >= 4 is 17.2 Å². The van der Waals surface area contributed by atoms with E-state index < -0.39 is 5.91 Å². The van der Waals surface area contributed by atoms with E-state index in [0.29, 0.717) is 0 Å². The standard InChI is InChI=1S/C11H11N3O2S/c1-14-8(9-3-2-6-17-9)5-4-7(11(14)16)10(15)13-12/h2-6H,12H2,1H3,(H,13,15). The quantitative estimate of drug-likeness (QED) is 0.467. The molecule has 0 spiro atoms. The second-order valence-electron chi connectivity index (χ2n) is 3.45. The highest BCUT2D eigenvalue weighted by Gasteiger charge is 2.13. The van der Waals surface area contributed by atoms with E-state index in [2.05, 4.69) is 0 Å². The van der Waals surface area contributed by atoms with Crippen molar-refractivity contribution in [3.8, 4) is 10.6 Å². The monoisotopic (exact) mass is 249 g/mol. The summed E-state index contributed by atoms with van der Waals surface area (Å²) in [5.74, 6) is 4.43. The van der Waals surface area contributed by atoms with Crippen molar-refractivity contribution in [2.45, 2.75) is 0 Å². The lowest BCUT2D eigenvalue weighted by Gasteiger charge is -2.07. The summed E-state index contributed by atoms with van der Waals surface area (Å²) >= 11 is 1.53. The maximum Gasteiger partial charge on any atom is 0.270 e. The van der Waals surface area contributed by atoms with Crippen molar-refractivity contribution in [1.82, 2.24) is 9.99 Å². The third-order valence-corrected chi connectivity index (χ3v) is 3.35. The van der Waals surface area contributed by atoms with Crippen molar-refractivity contribution < 1.29 is 4.79 Å². The van der Waals surface area contributed by atoms with Crippen LogP contribution in [0.25, 0.3) is 10.6 Å². The largest absolute Gasteiger partial charge is 0.310 e. The number of hydrazine groups is 1. The van der Waals surface area contributed by atoms with Gasteiger partial charge in [-0.2, -0.15) is 0 Å². The number of nitrogens with zero attached hydrogens (tertiary/aromatic N) is 1. The summed E-state index contributed by atoms with van der Waals surface area (Å²) in [4.78, 5) is 24.2. The summed E-state index contributed by atoms with van der Waals surface area (Å²) < 4.78 is 1.44. The molecule has 0 aliphatic rings. The number of thiophene rings is 1. The number of nitrogens with one attached hydrogen (secondary N) is 1.